The van der Waals surface area contributed by atoms with Crippen LogP contribution in [0, 0.1) is 0 Å². The number of esters is 1. The minimum atomic E-state index is -0.536. The highest BCUT2D eigenvalue weighted by Gasteiger charge is 2.27. The van der Waals surface area contributed by atoms with Gasteiger partial charge in [-0.3, -0.25) is 4.79 Å². The SMILES string of the molecule is CCOc1ccc2c(c1)O/C(=C\c1cccc(OC(=O)c3ccccc3OC)c1)C2=O. The number of hydrogen-bond acceptors (Lipinski definition) is 6. The number of carbonyl (C=O) groups excluding carboxylic acids is 2. The van der Waals surface area contributed by atoms with Gasteiger partial charge in [0.2, 0.25) is 5.78 Å². The Bertz CT molecular complexity index is 1180. The van der Waals surface area contributed by atoms with Gasteiger partial charge >= 0.3 is 5.97 Å². The van der Waals surface area contributed by atoms with Crippen molar-refractivity contribution in [2.24, 2.45) is 0 Å². The van der Waals surface area contributed by atoms with Crippen LogP contribution in [0.2, 0.25) is 0 Å². The fourth-order valence-electron chi connectivity index (χ4n) is 3.22. The predicted molar refractivity (Wildman–Crippen MR) is 115 cm³/mol. The summed E-state index contributed by atoms with van der Waals surface area (Å²) in [5.41, 5.74) is 1.46. The van der Waals surface area contributed by atoms with Gasteiger partial charge in [-0.25, -0.2) is 4.79 Å². The summed E-state index contributed by atoms with van der Waals surface area (Å²) in [5, 5.41) is 0. The van der Waals surface area contributed by atoms with Crippen molar-refractivity contribution in [3.63, 3.8) is 0 Å². The maximum Gasteiger partial charge on any atom is 0.347 e. The molecule has 0 saturated heterocycles. The van der Waals surface area contributed by atoms with Gasteiger partial charge in [0, 0.05) is 6.07 Å². The maximum atomic E-state index is 12.7. The maximum absolute atomic E-state index is 12.7. The second-order valence-corrected chi connectivity index (χ2v) is 6.69. The molecule has 0 fully saturated rings. The van der Waals surface area contributed by atoms with Crippen molar-refractivity contribution in [3.05, 3.63) is 89.2 Å². The highest BCUT2D eigenvalue weighted by Crippen LogP contribution is 2.35. The summed E-state index contributed by atoms with van der Waals surface area (Å²) in [4.78, 5) is 25.2. The Hall–Kier alpha value is -4.06. The van der Waals surface area contributed by atoms with Crippen LogP contribution in [-0.2, 0) is 0 Å². The third kappa shape index (κ3) is 4.28. The van der Waals surface area contributed by atoms with E-state index < -0.39 is 5.97 Å². The number of methoxy groups -OCH3 is 1. The standard InChI is InChI=1S/C25H20O6/c1-3-29-17-11-12-19-22(15-17)31-23(24(19)26)14-16-7-6-8-18(13-16)30-25(27)20-9-4-5-10-21(20)28-2/h4-15H,3H2,1-2H3/b23-14-. The monoisotopic (exact) mass is 416 g/mol. The van der Waals surface area contributed by atoms with E-state index in [-0.39, 0.29) is 11.5 Å². The first-order valence-corrected chi connectivity index (χ1v) is 9.75. The normalized spacial score (nSPS) is 13.5. The molecule has 0 aliphatic carbocycles. The first-order valence-electron chi connectivity index (χ1n) is 9.75. The minimum Gasteiger partial charge on any atom is -0.496 e. The van der Waals surface area contributed by atoms with Crippen molar-refractivity contribution >= 4 is 17.8 Å². The number of ketones is 1. The number of fused-ring (bicyclic) bond motifs is 1. The highest BCUT2D eigenvalue weighted by atomic mass is 16.5. The fraction of sp³-hybridized carbons (Fsp3) is 0.120. The molecule has 1 aliphatic rings. The number of Topliss-reactive ketones (excluding diaryl/α,β-unsaturated/α-hetero) is 1. The molecule has 0 aromatic heterocycles. The average molecular weight is 416 g/mol. The number of ether oxygens (including phenoxy) is 4. The Morgan fingerprint density at radius 1 is 1.00 bits per heavy atom. The largest absolute Gasteiger partial charge is 0.496 e. The van der Waals surface area contributed by atoms with E-state index >= 15 is 0 Å². The van der Waals surface area contributed by atoms with Crippen LogP contribution >= 0.6 is 0 Å². The summed E-state index contributed by atoms with van der Waals surface area (Å²) in [6.07, 6.45) is 1.61. The first kappa shape index (κ1) is 20.2. The molecule has 4 rings (SSSR count). The van der Waals surface area contributed by atoms with Crippen LogP contribution in [0.15, 0.2) is 72.5 Å². The molecule has 0 bridgehead atoms. The molecule has 6 heteroatoms. The summed E-state index contributed by atoms with van der Waals surface area (Å²) in [5.74, 6) is 1.31. The van der Waals surface area contributed by atoms with Gasteiger partial charge in [0.1, 0.15) is 28.6 Å². The molecular formula is C25H20O6. The van der Waals surface area contributed by atoms with Crippen molar-refractivity contribution in [2.75, 3.05) is 13.7 Å². The zero-order valence-corrected chi connectivity index (χ0v) is 17.1. The molecule has 0 atom stereocenters. The van der Waals surface area contributed by atoms with Gasteiger partial charge in [0.25, 0.3) is 0 Å². The van der Waals surface area contributed by atoms with E-state index in [4.69, 9.17) is 18.9 Å². The van der Waals surface area contributed by atoms with Crippen LogP contribution < -0.4 is 18.9 Å². The molecule has 1 aliphatic heterocycles. The Morgan fingerprint density at radius 2 is 1.84 bits per heavy atom. The van der Waals surface area contributed by atoms with Crippen LogP contribution in [0.5, 0.6) is 23.0 Å². The topological polar surface area (TPSA) is 71.1 Å². The molecule has 0 spiro atoms. The fourth-order valence-corrected chi connectivity index (χ4v) is 3.22. The molecule has 0 N–H and O–H groups in total. The van der Waals surface area contributed by atoms with Gasteiger partial charge in [-0.1, -0.05) is 24.3 Å². The zero-order chi connectivity index (χ0) is 21.8. The van der Waals surface area contributed by atoms with Crippen LogP contribution in [0.3, 0.4) is 0 Å². The third-order valence-electron chi connectivity index (χ3n) is 4.65. The minimum absolute atomic E-state index is 0.192. The van der Waals surface area contributed by atoms with Crippen molar-refractivity contribution in [3.8, 4) is 23.0 Å². The number of benzene rings is 3. The summed E-state index contributed by atoms with van der Waals surface area (Å²) >= 11 is 0. The Morgan fingerprint density at radius 3 is 2.65 bits per heavy atom. The summed E-state index contributed by atoms with van der Waals surface area (Å²) in [6.45, 7) is 2.41. The van der Waals surface area contributed by atoms with Crippen molar-refractivity contribution in [2.45, 2.75) is 6.92 Å². The van der Waals surface area contributed by atoms with Gasteiger partial charge in [-0.2, -0.15) is 0 Å². The lowest BCUT2D eigenvalue weighted by atomic mass is 10.1. The van der Waals surface area contributed by atoms with E-state index in [0.29, 0.717) is 46.3 Å². The van der Waals surface area contributed by atoms with Crippen LogP contribution in [0.1, 0.15) is 33.2 Å². The van der Waals surface area contributed by atoms with Crippen molar-refractivity contribution < 1.29 is 28.5 Å². The molecule has 0 radical (unpaired) electrons. The Kier molecular flexibility index (Phi) is 5.71. The Balaban J connectivity index is 1.54. The summed E-state index contributed by atoms with van der Waals surface area (Å²) in [7, 11) is 1.49. The Labute approximate surface area is 179 Å². The third-order valence-corrected chi connectivity index (χ3v) is 4.65. The van der Waals surface area contributed by atoms with Gasteiger partial charge < -0.3 is 18.9 Å². The van der Waals surface area contributed by atoms with E-state index in [2.05, 4.69) is 0 Å². The highest BCUT2D eigenvalue weighted by molar-refractivity contribution is 6.14. The number of hydrogen-bond donors (Lipinski definition) is 0. The van der Waals surface area contributed by atoms with Crippen LogP contribution in [0.4, 0.5) is 0 Å². The average Bonchev–Trinajstić information content (AvgIpc) is 3.08. The molecule has 0 saturated carbocycles. The number of allylic oxidation sites excluding steroid dienone is 1. The van der Waals surface area contributed by atoms with Crippen molar-refractivity contribution in [1.82, 2.24) is 0 Å². The molecule has 0 amide bonds. The molecule has 6 nitrogen and oxygen atoms in total. The molecule has 1 heterocycles. The van der Waals surface area contributed by atoms with E-state index in [1.54, 1.807) is 72.8 Å². The van der Waals surface area contributed by atoms with Gasteiger partial charge in [0.05, 0.1) is 19.3 Å². The lowest BCUT2D eigenvalue weighted by molar-refractivity contribution is 0.0731. The molecule has 31 heavy (non-hydrogen) atoms. The first-order chi connectivity index (χ1) is 15.1. The number of para-hydroxylation sites is 1. The molecule has 156 valence electrons. The summed E-state index contributed by atoms with van der Waals surface area (Å²) < 4.78 is 21.9. The van der Waals surface area contributed by atoms with Crippen LogP contribution in [0.25, 0.3) is 6.08 Å². The van der Waals surface area contributed by atoms with Gasteiger partial charge in [-0.05, 0) is 55.0 Å². The summed E-state index contributed by atoms with van der Waals surface area (Å²) in [6, 6.07) is 18.8. The lowest BCUT2D eigenvalue weighted by Gasteiger charge is -2.08. The molecular weight excluding hydrogens is 396 g/mol. The van der Waals surface area contributed by atoms with Gasteiger partial charge in [-0.15, -0.1) is 0 Å². The lowest BCUT2D eigenvalue weighted by Crippen LogP contribution is -2.10. The second kappa shape index (κ2) is 8.75. The molecule has 3 aromatic carbocycles. The quantitative estimate of drug-likeness (QED) is 0.322. The van der Waals surface area contributed by atoms with E-state index in [9.17, 15) is 9.59 Å². The smallest absolute Gasteiger partial charge is 0.347 e. The van der Waals surface area contributed by atoms with Crippen LogP contribution in [-0.4, -0.2) is 25.5 Å². The van der Waals surface area contributed by atoms with E-state index in [1.807, 2.05) is 6.92 Å². The van der Waals surface area contributed by atoms with Crippen molar-refractivity contribution in [1.29, 1.82) is 0 Å². The zero-order valence-electron chi connectivity index (χ0n) is 17.1. The molecule has 0 unspecified atom stereocenters. The van der Waals surface area contributed by atoms with Gasteiger partial charge in [0.15, 0.2) is 5.76 Å². The number of carbonyl (C=O) groups is 2. The number of rotatable bonds is 6. The molecule has 3 aromatic rings. The predicted octanol–water partition coefficient (Wildman–Crippen LogP) is 4.93. The second-order valence-electron chi connectivity index (χ2n) is 6.69. The van der Waals surface area contributed by atoms with E-state index in [0.717, 1.165) is 0 Å². The van der Waals surface area contributed by atoms with E-state index in [1.165, 1.54) is 7.11 Å².